The number of nitrogens with zero attached hydrogens (tertiary/aromatic N) is 1. The van der Waals surface area contributed by atoms with Crippen molar-refractivity contribution in [2.45, 2.75) is 6.54 Å². The van der Waals surface area contributed by atoms with Crippen LogP contribution in [0.25, 0.3) is 0 Å². The number of amides is 1. The van der Waals surface area contributed by atoms with Gasteiger partial charge in [-0.1, -0.05) is 41.9 Å². The highest BCUT2D eigenvalue weighted by Crippen LogP contribution is 2.14. The zero-order chi connectivity index (χ0) is 13.0. The number of benzene rings is 1. The first-order chi connectivity index (χ1) is 8.66. The molecule has 4 nitrogen and oxygen atoms in total. The maximum absolute atomic E-state index is 11.9. The topological polar surface area (TPSA) is 68.0 Å². The van der Waals surface area contributed by atoms with E-state index in [1.54, 1.807) is 0 Å². The van der Waals surface area contributed by atoms with Crippen LogP contribution in [0.5, 0.6) is 0 Å². The molecule has 1 aromatic heterocycles. The SMILES string of the molecule is Nc1cnc(Cl)cc1C(=O)NCc1ccccc1. The molecule has 2 rings (SSSR count). The lowest BCUT2D eigenvalue weighted by Crippen LogP contribution is -2.23. The molecular weight excluding hydrogens is 250 g/mol. The largest absolute Gasteiger partial charge is 0.397 e. The van der Waals surface area contributed by atoms with E-state index < -0.39 is 0 Å². The second kappa shape index (κ2) is 5.51. The number of hydrogen-bond donors (Lipinski definition) is 2. The number of carbonyl (C=O) groups excluding carboxylic acids is 1. The van der Waals surface area contributed by atoms with E-state index in [4.69, 9.17) is 17.3 Å². The number of rotatable bonds is 3. The van der Waals surface area contributed by atoms with Crippen LogP contribution in [-0.4, -0.2) is 10.9 Å². The first-order valence-electron chi connectivity index (χ1n) is 5.40. The van der Waals surface area contributed by atoms with Gasteiger partial charge in [-0.2, -0.15) is 0 Å². The van der Waals surface area contributed by atoms with Gasteiger partial charge in [-0.3, -0.25) is 4.79 Å². The second-order valence-corrected chi connectivity index (χ2v) is 4.15. The molecule has 0 aliphatic heterocycles. The van der Waals surface area contributed by atoms with Crippen molar-refractivity contribution >= 4 is 23.2 Å². The molecule has 0 bridgehead atoms. The minimum Gasteiger partial charge on any atom is -0.397 e. The van der Waals surface area contributed by atoms with Crippen LogP contribution >= 0.6 is 11.6 Å². The molecule has 5 heteroatoms. The highest BCUT2D eigenvalue weighted by molar-refractivity contribution is 6.29. The molecule has 0 saturated carbocycles. The van der Waals surface area contributed by atoms with E-state index in [1.807, 2.05) is 30.3 Å². The summed E-state index contributed by atoms with van der Waals surface area (Å²) in [6, 6.07) is 11.1. The van der Waals surface area contributed by atoms with E-state index in [1.165, 1.54) is 12.3 Å². The van der Waals surface area contributed by atoms with Gasteiger partial charge in [0.05, 0.1) is 17.4 Å². The molecule has 0 radical (unpaired) electrons. The molecule has 2 aromatic rings. The lowest BCUT2D eigenvalue weighted by molar-refractivity contribution is 0.0951. The summed E-state index contributed by atoms with van der Waals surface area (Å²) < 4.78 is 0. The Morgan fingerprint density at radius 1 is 1.33 bits per heavy atom. The number of aromatic nitrogens is 1. The van der Waals surface area contributed by atoms with Gasteiger partial charge in [-0.15, -0.1) is 0 Å². The first-order valence-corrected chi connectivity index (χ1v) is 5.78. The predicted molar refractivity (Wildman–Crippen MR) is 71.3 cm³/mol. The van der Waals surface area contributed by atoms with Gasteiger partial charge in [-0.25, -0.2) is 4.98 Å². The van der Waals surface area contributed by atoms with Crippen LogP contribution < -0.4 is 11.1 Å². The third-order valence-corrected chi connectivity index (χ3v) is 2.65. The molecule has 0 saturated heterocycles. The molecule has 0 aliphatic rings. The summed E-state index contributed by atoms with van der Waals surface area (Å²) in [6.45, 7) is 0.444. The van der Waals surface area contributed by atoms with Crippen molar-refractivity contribution in [3.63, 3.8) is 0 Å². The monoisotopic (exact) mass is 261 g/mol. The third kappa shape index (κ3) is 2.99. The van der Waals surface area contributed by atoms with Crippen LogP contribution in [-0.2, 0) is 6.54 Å². The minimum absolute atomic E-state index is 0.245. The van der Waals surface area contributed by atoms with Gasteiger partial charge in [0.2, 0.25) is 0 Å². The Kier molecular flexibility index (Phi) is 3.79. The van der Waals surface area contributed by atoms with Crippen LogP contribution in [0.4, 0.5) is 5.69 Å². The van der Waals surface area contributed by atoms with Crippen molar-refractivity contribution in [3.05, 3.63) is 58.9 Å². The summed E-state index contributed by atoms with van der Waals surface area (Å²) in [5.41, 5.74) is 7.34. The summed E-state index contributed by atoms with van der Waals surface area (Å²) in [5, 5.41) is 3.02. The van der Waals surface area contributed by atoms with Crippen LogP contribution in [0, 0.1) is 0 Å². The Morgan fingerprint density at radius 3 is 2.78 bits per heavy atom. The highest BCUT2D eigenvalue weighted by Gasteiger charge is 2.10. The van der Waals surface area contributed by atoms with E-state index in [-0.39, 0.29) is 11.1 Å². The van der Waals surface area contributed by atoms with Crippen molar-refractivity contribution in [2.24, 2.45) is 0 Å². The van der Waals surface area contributed by atoms with Gasteiger partial charge in [0.1, 0.15) is 5.15 Å². The molecule has 0 atom stereocenters. The zero-order valence-electron chi connectivity index (χ0n) is 9.56. The van der Waals surface area contributed by atoms with Gasteiger partial charge < -0.3 is 11.1 Å². The van der Waals surface area contributed by atoms with Crippen LogP contribution in [0.1, 0.15) is 15.9 Å². The summed E-state index contributed by atoms with van der Waals surface area (Å²) >= 11 is 5.73. The quantitative estimate of drug-likeness (QED) is 0.833. The molecule has 1 heterocycles. The Bertz CT molecular complexity index is 557. The van der Waals surface area contributed by atoms with Crippen LogP contribution in [0.2, 0.25) is 5.15 Å². The zero-order valence-corrected chi connectivity index (χ0v) is 10.3. The molecule has 92 valence electrons. The lowest BCUT2D eigenvalue weighted by Gasteiger charge is -2.07. The minimum atomic E-state index is -0.263. The van der Waals surface area contributed by atoms with Crippen molar-refractivity contribution < 1.29 is 4.79 Å². The fraction of sp³-hybridized carbons (Fsp3) is 0.0769. The number of halogens is 1. The molecule has 3 N–H and O–H groups in total. The highest BCUT2D eigenvalue weighted by atomic mass is 35.5. The van der Waals surface area contributed by atoms with E-state index in [9.17, 15) is 4.79 Å². The van der Waals surface area contributed by atoms with E-state index in [0.717, 1.165) is 5.56 Å². The van der Waals surface area contributed by atoms with Crippen molar-refractivity contribution in [1.82, 2.24) is 10.3 Å². The normalized spacial score (nSPS) is 10.1. The average Bonchev–Trinajstić information content (AvgIpc) is 2.40. The van der Waals surface area contributed by atoms with Gasteiger partial charge >= 0.3 is 0 Å². The maximum atomic E-state index is 11.9. The maximum Gasteiger partial charge on any atom is 0.253 e. The Labute approximate surface area is 110 Å². The number of pyridine rings is 1. The summed E-state index contributed by atoms with van der Waals surface area (Å²) in [5.74, 6) is -0.263. The van der Waals surface area contributed by atoms with E-state index in [2.05, 4.69) is 10.3 Å². The lowest BCUT2D eigenvalue weighted by atomic mass is 10.2. The summed E-state index contributed by atoms with van der Waals surface area (Å²) in [6.07, 6.45) is 1.37. The molecule has 1 amide bonds. The number of anilines is 1. The number of nitrogens with two attached hydrogens (primary N) is 1. The Hall–Kier alpha value is -2.07. The molecule has 0 spiro atoms. The number of nitrogen functional groups attached to an aromatic ring is 1. The van der Waals surface area contributed by atoms with Crippen LogP contribution in [0.15, 0.2) is 42.6 Å². The van der Waals surface area contributed by atoms with E-state index in [0.29, 0.717) is 17.8 Å². The third-order valence-electron chi connectivity index (χ3n) is 2.44. The van der Waals surface area contributed by atoms with Gasteiger partial charge in [0.15, 0.2) is 0 Å². The molecule has 1 aromatic carbocycles. The number of carbonyl (C=O) groups is 1. The molecule has 18 heavy (non-hydrogen) atoms. The van der Waals surface area contributed by atoms with Crippen molar-refractivity contribution in [3.8, 4) is 0 Å². The van der Waals surface area contributed by atoms with Gasteiger partial charge in [-0.05, 0) is 11.6 Å². The Morgan fingerprint density at radius 2 is 2.06 bits per heavy atom. The second-order valence-electron chi connectivity index (χ2n) is 3.76. The number of hydrogen-bond acceptors (Lipinski definition) is 3. The van der Waals surface area contributed by atoms with Crippen LogP contribution in [0.3, 0.4) is 0 Å². The standard InChI is InChI=1S/C13H12ClN3O/c14-12-6-10(11(15)8-16-12)13(18)17-7-9-4-2-1-3-5-9/h1-6,8H,7,15H2,(H,17,18). The predicted octanol–water partition coefficient (Wildman–Crippen LogP) is 2.25. The van der Waals surface area contributed by atoms with Crippen molar-refractivity contribution in [1.29, 1.82) is 0 Å². The smallest absolute Gasteiger partial charge is 0.253 e. The fourth-order valence-corrected chi connectivity index (χ4v) is 1.67. The summed E-state index contributed by atoms with van der Waals surface area (Å²) in [4.78, 5) is 15.7. The van der Waals surface area contributed by atoms with Crippen molar-refractivity contribution in [2.75, 3.05) is 5.73 Å². The first kappa shape index (κ1) is 12.4. The number of nitrogens with one attached hydrogen (secondary N) is 1. The van der Waals surface area contributed by atoms with E-state index >= 15 is 0 Å². The fourth-order valence-electron chi connectivity index (χ4n) is 1.51. The Balaban J connectivity index is 2.06. The summed E-state index contributed by atoms with van der Waals surface area (Å²) in [7, 11) is 0. The molecular formula is C13H12ClN3O. The average molecular weight is 262 g/mol. The molecule has 0 fully saturated rings. The molecule has 0 unspecified atom stereocenters. The van der Waals surface area contributed by atoms with Gasteiger partial charge in [0.25, 0.3) is 5.91 Å². The molecule has 0 aliphatic carbocycles. The van der Waals surface area contributed by atoms with Gasteiger partial charge in [0, 0.05) is 6.54 Å².